The van der Waals surface area contributed by atoms with Crippen LogP contribution in [0.15, 0.2) is 182 Å². The topological polar surface area (TPSA) is 13.1 Å². The molecule has 56 heavy (non-hydrogen) atoms. The first-order chi connectivity index (χ1) is 27.8. The highest BCUT2D eigenvalue weighted by Crippen LogP contribution is 2.51. The van der Waals surface area contributed by atoms with E-state index in [2.05, 4.69) is 196 Å². The van der Waals surface area contributed by atoms with Gasteiger partial charge in [-0.05, 0) is 97.9 Å². The summed E-state index contributed by atoms with van der Waals surface area (Å²) in [7, 11) is 0. The summed E-state index contributed by atoms with van der Waals surface area (Å²) < 4.78 is 5.21. The van der Waals surface area contributed by atoms with Gasteiger partial charge in [0.1, 0.15) is 0 Å². The van der Waals surface area contributed by atoms with Crippen molar-refractivity contribution in [1.29, 1.82) is 0 Å². The molecule has 0 unspecified atom stereocenters. The van der Waals surface area contributed by atoms with E-state index in [-0.39, 0.29) is 6.71 Å². The van der Waals surface area contributed by atoms with Gasteiger partial charge in [-0.1, -0.05) is 133 Å². The van der Waals surface area contributed by atoms with Crippen LogP contribution in [-0.4, -0.2) is 15.8 Å². The molecule has 11 aromatic rings. The van der Waals surface area contributed by atoms with E-state index in [1.165, 1.54) is 104 Å². The van der Waals surface area contributed by atoms with Crippen molar-refractivity contribution in [1.82, 2.24) is 9.13 Å². The van der Waals surface area contributed by atoms with E-state index in [1.54, 1.807) is 0 Å². The van der Waals surface area contributed by atoms with Crippen molar-refractivity contribution < 1.29 is 0 Å². The highest BCUT2D eigenvalue weighted by Gasteiger charge is 2.42. The Balaban J connectivity index is 1.23. The van der Waals surface area contributed by atoms with Crippen LogP contribution in [0.1, 0.15) is 0 Å². The quantitative estimate of drug-likeness (QED) is 0.167. The van der Waals surface area contributed by atoms with Crippen molar-refractivity contribution in [3.05, 3.63) is 182 Å². The minimum Gasteiger partial charge on any atom is -0.310 e. The van der Waals surface area contributed by atoms with Crippen LogP contribution in [0.25, 0.3) is 88.0 Å². The standard InChI is InChI=1S/C52H30BN3/c1-3-15-32(16-4-1)54(33-17-5-2-6-18-33)34-29-45-50-46(30-34)56-44-27-13-23-39-36-20-8-7-19-35(36)38-22-11-14-31-28-42(52(56)49(47(31)38)48(39)44)53(50)41-25-12-24-40-37-21-9-10-26-43(37)55(45)51(40)41/h1-30H. The second-order valence-electron chi connectivity index (χ2n) is 15.6. The average Bonchev–Trinajstić information content (AvgIpc) is 3.75. The third kappa shape index (κ3) is 3.43. The van der Waals surface area contributed by atoms with Gasteiger partial charge in [-0.2, -0.15) is 0 Å². The van der Waals surface area contributed by atoms with Crippen LogP contribution in [0.5, 0.6) is 0 Å². The number of anilines is 3. The van der Waals surface area contributed by atoms with E-state index in [0.29, 0.717) is 0 Å². The number of hydrogen-bond acceptors (Lipinski definition) is 1. The van der Waals surface area contributed by atoms with E-state index < -0.39 is 0 Å². The van der Waals surface area contributed by atoms with Crippen LogP contribution in [0.3, 0.4) is 0 Å². The van der Waals surface area contributed by atoms with Gasteiger partial charge in [-0.15, -0.1) is 0 Å². The van der Waals surface area contributed by atoms with E-state index in [9.17, 15) is 0 Å². The molecule has 3 nitrogen and oxygen atoms in total. The molecule has 4 heteroatoms. The van der Waals surface area contributed by atoms with Crippen molar-refractivity contribution in [2.45, 2.75) is 0 Å². The van der Waals surface area contributed by atoms with Crippen LogP contribution < -0.4 is 21.3 Å². The Morgan fingerprint density at radius 3 is 1.70 bits per heavy atom. The number of hydrogen-bond donors (Lipinski definition) is 0. The maximum atomic E-state index is 2.64. The molecule has 4 heterocycles. The lowest BCUT2D eigenvalue weighted by molar-refractivity contribution is 1.13. The average molecular weight is 708 g/mol. The zero-order valence-corrected chi connectivity index (χ0v) is 30.2. The number of rotatable bonds is 3. The molecular weight excluding hydrogens is 677 g/mol. The van der Waals surface area contributed by atoms with Crippen molar-refractivity contribution in [3.63, 3.8) is 0 Å². The molecule has 14 rings (SSSR count). The first-order valence-electron chi connectivity index (χ1n) is 19.6. The van der Waals surface area contributed by atoms with Gasteiger partial charge in [-0.3, -0.25) is 0 Å². The Morgan fingerprint density at radius 2 is 0.946 bits per heavy atom. The van der Waals surface area contributed by atoms with Crippen LogP contribution in [0.2, 0.25) is 0 Å². The van der Waals surface area contributed by atoms with E-state index in [0.717, 1.165) is 17.1 Å². The Kier molecular flexibility index (Phi) is 5.33. The van der Waals surface area contributed by atoms with Crippen LogP contribution in [0, 0.1) is 0 Å². The van der Waals surface area contributed by atoms with Gasteiger partial charge in [0.05, 0.1) is 22.2 Å². The number of para-hydroxylation sites is 4. The first kappa shape index (κ1) is 29.1. The molecule has 9 aromatic carbocycles. The third-order valence-corrected chi connectivity index (χ3v) is 13.0. The molecule has 0 spiro atoms. The van der Waals surface area contributed by atoms with Crippen molar-refractivity contribution >= 4 is 94.5 Å². The lowest BCUT2D eigenvalue weighted by Crippen LogP contribution is -2.59. The number of benzene rings is 9. The number of aromatic nitrogens is 2. The first-order valence-corrected chi connectivity index (χ1v) is 19.6. The zero-order valence-electron chi connectivity index (χ0n) is 30.2. The summed E-state index contributed by atoms with van der Waals surface area (Å²) in [5.41, 5.74) is 20.3. The predicted octanol–water partition coefficient (Wildman–Crippen LogP) is 11.3. The monoisotopic (exact) mass is 707 g/mol. The zero-order chi connectivity index (χ0) is 36.2. The fourth-order valence-corrected chi connectivity index (χ4v) is 10.9. The van der Waals surface area contributed by atoms with Gasteiger partial charge in [0.2, 0.25) is 0 Å². The molecule has 2 aliphatic heterocycles. The molecule has 0 fully saturated rings. The molecule has 0 radical (unpaired) electrons. The highest BCUT2D eigenvalue weighted by atomic mass is 15.2. The Hall–Kier alpha value is -7.30. The van der Waals surface area contributed by atoms with Crippen molar-refractivity contribution in [3.8, 4) is 33.6 Å². The summed E-state index contributed by atoms with van der Waals surface area (Å²) in [5.74, 6) is 0. The number of nitrogens with zero attached hydrogens (tertiary/aromatic N) is 3. The molecular formula is C52H30BN3. The molecule has 0 amide bonds. The SMILES string of the molecule is c1ccc(N(c2ccccc2)c2cc3c4c(c2)-n2c5cccc6c5c5c7c(cccc7cc(c52)B4c2cccc4c5ccccc5n-3c24)-c2ccccc2-6)cc1. The minimum atomic E-state index is 0.0513. The predicted molar refractivity (Wildman–Crippen MR) is 236 cm³/mol. The molecule has 0 atom stereocenters. The molecule has 0 N–H and O–H groups in total. The molecule has 3 aliphatic rings. The van der Waals surface area contributed by atoms with Crippen LogP contribution in [-0.2, 0) is 0 Å². The van der Waals surface area contributed by atoms with Gasteiger partial charge in [0.15, 0.2) is 0 Å². The lowest BCUT2D eigenvalue weighted by Gasteiger charge is -2.36. The third-order valence-electron chi connectivity index (χ3n) is 13.0. The van der Waals surface area contributed by atoms with Gasteiger partial charge < -0.3 is 14.0 Å². The van der Waals surface area contributed by atoms with Gasteiger partial charge >= 0.3 is 0 Å². The van der Waals surface area contributed by atoms with Crippen LogP contribution in [0.4, 0.5) is 17.1 Å². The van der Waals surface area contributed by atoms with Crippen molar-refractivity contribution in [2.24, 2.45) is 0 Å². The summed E-state index contributed by atoms with van der Waals surface area (Å²) in [6.07, 6.45) is 0. The maximum absolute atomic E-state index is 2.64. The Morgan fingerprint density at radius 1 is 0.375 bits per heavy atom. The molecule has 0 saturated heterocycles. The lowest BCUT2D eigenvalue weighted by atomic mass is 9.34. The van der Waals surface area contributed by atoms with E-state index in [1.807, 2.05) is 0 Å². The Bertz CT molecular complexity index is 3500. The smallest absolute Gasteiger partial charge is 0.252 e. The molecule has 1 aliphatic carbocycles. The Labute approximate surface area is 323 Å². The van der Waals surface area contributed by atoms with Gasteiger partial charge in [0, 0.05) is 49.8 Å². The molecule has 0 bridgehead atoms. The molecule has 256 valence electrons. The highest BCUT2D eigenvalue weighted by molar-refractivity contribution is 7.00. The summed E-state index contributed by atoms with van der Waals surface area (Å²) >= 11 is 0. The normalized spacial score (nSPS) is 13.0. The molecule has 0 saturated carbocycles. The fourth-order valence-electron chi connectivity index (χ4n) is 10.9. The van der Waals surface area contributed by atoms with Crippen LogP contribution >= 0.6 is 0 Å². The second-order valence-corrected chi connectivity index (χ2v) is 15.6. The molecule has 2 aromatic heterocycles. The fraction of sp³-hybridized carbons (Fsp3) is 0. The van der Waals surface area contributed by atoms with Gasteiger partial charge in [-0.25, -0.2) is 0 Å². The van der Waals surface area contributed by atoms with Crippen molar-refractivity contribution in [2.75, 3.05) is 4.90 Å². The summed E-state index contributed by atoms with van der Waals surface area (Å²) in [4.78, 5) is 2.43. The summed E-state index contributed by atoms with van der Waals surface area (Å²) in [5, 5.41) is 7.96. The summed E-state index contributed by atoms with van der Waals surface area (Å²) in [6, 6.07) is 68.0. The largest absolute Gasteiger partial charge is 0.310 e. The minimum absolute atomic E-state index is 0.0513. The second kappa shape index (κ2) is 10.3. The maximum Gasteiger partial charge on any atom is 0.252 e. The van der Waals surface area contributed by atoms with E-state index in [4.69, 9.17) is 0 Å². The van der Waals surface area contributed by atoms with E-state index >= 15 is 0 Å². The summed E-state index contributed by atoms with van der Waals surface area (Å²) in [6.45, 7) is 0.0513. The number of fused-ring (bicyclic) bond motifs is 11. The van der Waals surface area contributed by atoms with Gasteiger partial charge in [0.25, 0.3) is 6.71 Å².